The number of nitrogens with one attached hydrogen (secondary N) is 1. The first-order valence-corrected chi connectivity index (χ1v) is 8.34. The van der Waals surface area contributed by atoms with E-state index in [9.17, 15) is 20.2 Å². The normalized spacial score (nSPS) is 10.7. The van der Waals surface area contributed by atoms with Crippen molar-refractivity contribution in [3.63, 3.8) is 0 Å². The number of aromatic nitrogens is 1. The highest BCUT2D eigenvalue weighted by atomic mass is 16.6. The number of likely N-dealkylation sites (N-methyl/N-ethyl adjacent to an activating group) is 1. The average molecular weight is 365 g/mol. The van der Waals surface area contributed by atoms with Crippen molar-refractivity contribution >= 4 is 17.3 Å². The van der Waals surface area contributed by atoms with Crippen LogP contribution in [0.4, 0.5) is 11.4 Å². The number of nitro benzene ring substituents is 1. The Kier molecular flexibility index (Phi) is 7.02. The quantitative estimate of drug-likeness (QED) is 0.333. The molecular weight excluding hydrogens is 346 g/mol. The maximum Gasteiger partial charge on any atom is 0.269 e. The molecule has 0 bridgehead atoms. The Hall–Kier alpha value is -3.73. The van der Waals surface area contributed by atoms with Gasteiger partial charge in [0.1, 0.15) is 11.6 Å². The standard InChI is InChI=1S/C19H19N5O3/c1-2-23(12-9-15-7-10-21-11-8-15)14-16(13-20)19(25)22-17-3-5-18(6-4-17)24(26)27/h3-8,10-11,14H,2,9,12H2,1H3,(H,22,25)/b16-14-. The lowest BCUT2D eigenvalue weighted by Gasteiger charge is -2.18. The Morgan fingerprint density at radius 1 is 1.30 bits per heavy atom. The number of nitriles is 1. The van der Waals surface area contributed by atoms with Gasteiger partial charge in [-0.05, 0) is 43.2 Å². The molecule has 1 N–H and O–H groups in total. The van der Waals surface area contributed by atoms with E-state index in [1.807, 2.05) is 30.0 Å². The minimum absolute atomic E-state index is 0.0371. The predicted molar refractivity (Wildman–Crippen MR) is 101 cm³/mol. The molecule has 0 aliphatic carbocycles. The SMILES string of the molecule is CCN(/C=C(/C#N)C(=O)Nc1ccc([N+](=O)[O-])cc1)CCc1ccncc1. The van der Waals surface area contributed by atoms with Crippen LogP contribution in [0.2, 0.25) is 0 Å². The summed E-state index contributed by atoms with van der Waals surface area (Å²) in [4.78, 5) is 28.3. The maximum absolute atomic E-state index is 12.3. The van der Waals surface area contributed by atoms with Crippen molar-refractivity contribution in [2.45, 2.75) is 13.3 Å². The fraction of sp³-hybridized carbons (Fsp3) is 0.211. The van der Waals surface area contributed by atoms with Crippen molar-refractivity contribution in [1.29, 1.82) is 5.26 Å². The van der Waals surface area contributed by atoms with E-state index in [1.165, 1.54) is 30.5 Å². The third-order valence-electron chi connectivity index (χ3n) is 3.86. The number of anilines is 1. The first kappa shape index (κ1) is 19.6. The second-order valence-corrected chi connectivity index (χ2v) is 5.65. The van der Waals surface area contributed by atoms with Crippen molar-refractivity contribution < 1.29 is 9.72 Å². The molecule has 8 nitrogen and oxygen atoms in total. The van der Waals surface area contributed by atoms with E-state index in [4.69, 9.17) is 0 Å². The molecule has 0 saturated heterocycles. The first-order chi connectivity index (χ1) is 13.0. The highest BCUT2D eigenvalue weighted by Crippen LogP contribution is 2.16. The van der Waals surface area contributed by atoms with Gasteiger partial charge in [0, 0.05) is 49.5 Å². The maximum atomic E-state index is 12.3. The van der Waals surface area contributed by atoms with E-state index in [-0.39, 0.29) is 11.3 Å². The predicted octanol–water partition coefficient (Wildman–Crippen LogP) is 2.90. The zero-order valence-electron chi connectivity index (χ0n) is 14.8. The largest absolute Gasteiger partial charge is 0.376 e. The van der Waals surface area contributed by atoms with Gasteiger partial charge in [0.25, 0.3) is 11.6 Å². The Labute approximate surface area is 156 Å². The number of benzene rings is 1. The van der Waals surface area contributed by atoms with Crippen LogP contribution in [0.25, 0.3) is 0 Å². The molecule has 0 saturated carbocycles. The van der Waals surface area contributed by atoms with Crippen molar-refractivity contribution in [2.75, 3.05) is 18.4 Å². The number of rotatable bonds is 8. The summed E-state index contributed by atoms with van der Waals surface area (Å²) in [6, 6.07) is 11.2. The minimum atomic E-state index is -0.561. The molecule has 0 unspecified atom stereocenters. The van der Waals surface area contributed by atoms with Gasteiger partial charge < -0.3 is 10.2 Å². The van der Waals surface area contributed by atoms with Gasteiger partial charge >= 0.3 is 0 Å². The number of hydrogen-bond donors (Lipinski definition) is 1. The molecule has 0 aliphatic heterocycles. The van der Waals surface area contributed by atoms with Crippen LogP contribution >= 0.6 is 0 Å². The van der Waals surface area contributed by atoms with E-state index in [0.717, 1.165) is 12.0 Å². The Bertz CT molecular complexity index is 857. The van der Waals surface area contributed by atoms with Crippen LogP contribution in [0.5, 0.6) is 0 Å². The number of nitro groups is 1. The van der Waals surface area contributed by atoms with Crippen molar-refractivity contribution in [1.82, 2.24) is 9.88 Å². The van der Waals surface area contributed by atoms with Crippen LogP contribution in [0, 0.1) is 21.4 Å². The summed E-state index contributed by atoms with van der Waals surface area (Å²) in [5.74, 6) is -0.561. The van der Waals surface area contributed by atoms with Crippen LogP contribution in [0.1, 0.15) is 12.5 Å². The van der Waals surface area contributed by atoms with Crippen LogP contribution in [0.15, 0.2) is 60.6 Å². The summed E-state index contributed by atoms with van der Waals surface area (Å²) in [7, 11) is 0. The minimum Gasteiger partial charge on any atom is -0.376 e. The monoisotopic (exact) mass is 365 g/mol. The molecule has 138 valence electrons. The summed E-state index contributed by atoms with van der Waals surface area (Å²) in [6.07, 6.45) is 5.73. The molecule has 0 aliphatic rings. The van der Waals surface area contributed by atoms with Crippen molar-refractivity contribution in [3.05, 3.63) is 76.2 Å². The number of carbonyl (C=O) groups excluding carboxylic acids is 1. The molecule has 8 heteroatoms. The molecule has 1 aromatic carbocycles. The van der Waals surface area contributed by atoms with E-state index in [2.05, 4.69) is 10.3 Å². The van der Waals surface area contributed by atoms with Gasteiger partial charge in [0.2, 0.25) is 0 Å². The molecule has 1 aromatic heterocycles. The van der Waals surface area contributed by atoms with Gasteiger partial charge in [0.05, 0.1) is 4.92 Å². The molecule has 0 radical (unpaired) electrons. The van der Waals surface area contributed by atoms with Crippen LogP contribution in [0.3, 0.4) is 0 Å². The third kappa shape index (κ3) is 5.93. The average Bonchev–Trinajstić information content (AvgIpc) is 2.69. The molecule has 0 spiro atoms. The first-order valence-electron chi connectivity index (χ1n) is 8.34. The summed E-state index contributed by atoms with van der Waals surface area (Å²) in [6.45, 7) is 3.23. The molecule has 1 heterocycles. The highest BCUT2D eigenvalue weighted by Gasteiger charge is 2.12. The number of non-ortho nitro benzene ring substituents is 1. The van der Waals surface area contributed by atoms with E-state index in [1.54, 1.807) is 12.4 Å². The summed E-state index contributed by atoms with van der Waals surface area (Å²) >= 11 is 0. The Morgan fingerprint density at radius 2 is 1.96 bits per heavy atom. The lowest BCUT2D eigenvalue weighted by molar-refractivity contribution is -0.384. The van der Waals surface area contributed by atoms with E-state index >= 15 is 0 Å². The van der Waals surface area contributed by atoms with Crippen LogP contribution < -0.4 is 5.32 Å². The molecule has 2 aromatic rings. The molecular formula is C19H19N5O3. The van der Waals surface area contributed by atoms with Gasteiger partial charge in [0.15, 0.2) is 0 Å². The lowest BCUT2D eigenvalue weighted by atomic mass is 10.2. The van der Waals surface area contributed by atoms with Gasteiger partial charge in [-0.2, -0.15) is 5.26 Å². The van der Waals surface area contributed by atoms with Gasteiger partial charge in [-0.3, -0.25) is 19.9 Å². The topological polar surface area (TPSA) is 112 Å². The molecule has 2 rings (SSSR count). The zero-order chi connectivity index (χ0) is 19.6. The van der Waals surface area contributed by atoms with E-state index < -0.39 is 10.8 Å². The number of amides is 1. The summed E-state index contributed by atoms with van der Waals surface area (Å²) in [5.41, 5.74) is 1.39. The van der Waals surface area contributed by atoms with Crippen LogP contribution in [-0.2, 0) is 11.2 Å². The number of pyridine rings is 1. The fourth-order valence-electron chi connectivity index (χ4n) is 2.32. The van der Waals surface area contributed by atoms with E-state index in [0.29, 0.717) is 18.8 Å². The summed E-state index contributed by atoms with van der Waals surface area (Å²) in [5, 5.41) is 22.6. The van der Waals surface area contributed by atoms with Crippen molar-refractivity contribution in [3.8, 4) is 6.07 Å². The van der Waals surface area contributed by atoms with Gasteiger partial charge in [-0.25, -0.2) is 0 Å². The molecule has 0 atom stereocenters. The lowest BCUT2D eigenvalue weighted by Crippen LogP contribution is -2.23. The zero-order valence-corrected chi connectivity index (χ0v) is 14.8. The molecule has 27 heavy (non-hydrogen) atoms. The molecule has 0 fully saturated rings. The summed E-state index contributed by atoms with van der Waals surface area (Å²) < 4.78 is 0. The Balaban J connectivity index is 2.02. The smallest absolute Gasteiger partial charge is 0.269 e. The number of hydrogen-bond acceptors (Lipinski definition) is 6. The fourth-order valence-corrected chi connectivity index (χ4v) is 2.32. The number of carbonyl (C=O) groups is 1. The van der Waals surface area contributed by atoms with Crippen molar-refractivity contribution in [2.24, 2.45) is 0 Å². The van der Waals surface area contributed by atoms with Gasteiger partial charge in [-0.1, -0.05) is 0 Å². The second kappa shape index (κ2) is 9.68. The number of nitrogens with zero attached hydrogens (tertiary/aromatic N) is 4. The van der Waals surface area contributed by atoms with Gasteiger partial charge in [-0.15, -0.1) is 0 Å². The third-order valence-corrected chi connectivity index (χ3v) is 3.86. The second-order valence-electron chi connectivity index (χ2n) is 5.65. The molecule has 1 amide bonds. The Morgan fingerprint density at radius 3 is 2.52 bits per heavy atom. The van der Waals surface area contributed by atoms with Crippen LogP contribution in [-0.4, -0.2) is 33.8 Å². The highest BCUT2D eigenvalue weighted by molar-refractivity contribution is 6.06.